The first kappa shape index (κ1) is 19.9. The van der Waals surface area contributed by atoms with Crippen LogP contribution in [0.3, 0.4) is 0 Å². The summed E-state index contributed by atoms with van der Waals surface area (Å²) in [4.78, 5) is 14.2. The van der Waals surface area contributed by atoms with Gasteiger partial charge in [0.2, 0.25) is 5.91 Å². The number of likely N-dealkylation sites (N-methyl/N-ethyl adjacent to an activating group) is 1. The second kappa shape index (κ2) is 8.81. The lowest BCUT2D eigenvalue weighted by atomic mass is 10.1. The molecule has 1 unspecified atom stereocenters. The summed E-state index contributed by atoms with van der Waals surface area (Å²) in [5.41, 5.74) is 4.20. The van der Waals surface area contributed by atoms with E-state index < -0.39 is 0 Å². The van der Waals surface area contributed by atoms with Crippen LogP contribution in [0.5, 0.6) is 5.75 Å². The van der Waals surface area contributed by atoms with Gasteiger partial charge in [0, 0.05) is 6.54 Å². The SMILES string of the molecule is COc1c(C)cc(CN(C)CC(=O)NC(C)c2ccc(F)cc2)cc1C. The Morgan fingerprint density at radius 2 is 1.77 bits per heavy atom. The van der Waals surface area contributed by atoms with Crippen molar-refractivity contribution in [2.45, 2.75) is 33.4 Å². The van der Waals surface area contributed by atoms with Gasteiger partial charge in [-0.2, -0.15) is 0 Å². The van der Waals surface area contributed by atoms with Gasteiger partial charge in [0.1, 0.15) is 11.6 Å². The molecule has 0 spiro atoms. The number of rotatable bonds is 7. The normalized spacial score (nSPS) is 12.1. The highest BCUT2D eigenvalue weighted by Gasteiger charge is 2.13. The maximum atomic E-state index is 13.0. The van der Waals surface area contributed by atoms with Gasteiger partial charge in [-0.3, -0.25) is 9.69 Å². The van der Waals surface area contributed by atoms with Crippen molar-refractivity contribution in [3.8, 4) is 5.75 Å². The zero-order valence-corrected chi connectivity index (χ0v) is 16.1. The van der Waals surface area contributed by atoms with E-state index in [0.29, 0.717) is 6.54 Å². The van der Waals surface area contributed by atoms with Gasteiger partial charge in [-0.25, -0.2) is 4.39 Å². The molecule has 0 aliphatic heterocycles. The average Bonchev–Trinajstić information content (AvgIpc) is 2.54. The predicted molar refractivity (Wildman–Crippen MR) is 102 cm³/mol. The number of carbonyl (C=O) groups excluding carboxylic acids is 1. The van der Waals surface area contributed by atoms with Crippen LogP contribution in [0.1, 0.15) is 35.2 Å². The third-order valence-corrected chi connectivity index (χ3v) is 4.34. The van der Waals surface area contributed by atoms with E-state index in [1.54, 1.807) is 19.2 Å². The zero-order chi connectivity index (χ0) is 19.3. The van der Waals surface area contributed by atoms with Crippen molar-refractivity contribution in [3.63, 3.8) is 0 Å². The molecule has 0 aromatic heterocycles. The third kappa shape index (κ3) is 5.30. The van der Waals surface area contributed by atoms with E-state index >= 15 is 0 Å². The Morgan fingerprint density at radius 3 is 2.31 bits per heavy atom. The van der Waals surface area contributed by atoms with Crippen LogP contribution in [0.25, 0.3) is 0 Å². The molecule has 5 heteroatoms. The summed E-state index contributed by atoms with van der Waals surface area (Å²) in [5, 5.41) is 2.95. The standard InChI is InChI=1S/C21H27FN2O2/c1-14-10-17(11-15(2)21(14)26-5)12-24(4)13-20(25)23-16(3)18-6-8-19(22)9-7-18/h6-11,16H,12-13H2,1-5H3,(H,23,25). The van der Waals surface area contributed by atoms with Crippen LogP contribution in [0, 0.1) is 19.7 Å². The van der Waals surface area contributed by atoms with Gasteiger partial charge in [0.15, 0.2) is 0 Å². The van der Waals surface area contributed by atoms with Crippen molar-refractivity contribution in [2.24, 2.45) is 0 Å². The number of methoxy groups -OCH3 is 1. The Morgan fingerprint density at radius 1 is 1.19 bits per heavy atom. The maximum absolute atomic E-state index is 13.0. The first-order valence-electron chi connectivity index (χ1n) is 8.67. The van der Waals surface area contributed by atoms with Gasteiger partial charge in [0.25, 0.3) is 0 Å². The summed E-state index contributed by atoms with van der Waals surface area (Å²) < 4.78 is 18.4. The molecule has 2 aromatic carbocycles. The highest BCUT2D eigenvalue weighted by molar-refractivity contribution is 5.78. The molecule has 2 rings (SSSR count). The van der Waals surface area contributed by atoms with Crippen LogP contribution in [0.2, 0.25) is 0 Å². The molecule has 1 atom stereocenters. The summed E-state index contributed by atoms with van der Waals surface area (Å²) in [6.07, 6.45) is 0. The molecule has 0 saturated carbocycles. The molecule has 0 heterocycles. The number of ether oxygens (including phenoxy) is 1. The van der Waals surface area contributed by atoms with Gasteiger partial charge in [0.05, 0.1) is 19.7 Å². The monoisotopic (exact) mass is 358 g/mol. The summed E-state index contributed by atoms with van der Waals surface area (Å²) in [7, 11) is 3.59. The molecule has 1 amide bonds. The van der Waals surface area contributed by atoms with Gasteiger partial charge >= 0.3 is 0 Å². The third-order valence-electron chi connectivity index (χ3n) is 4.34. The lowest BCUT2D eigenvalue weighted by molar-refractivity contribution is -0.122. The molecular weight excluding hydrogens is 331 g/mol. The number of halogens is 1. The number of nitrogens with zero attached hydrogens (tertiary/aromatic N) is 1. The van der Waals surface area contributed by atoms with Crippen molar-refractivity contribution < 1.29 is 13.9 Å². The Balaban J connectivity index is 1.91. The molecule has 0 radical (unpaired) electrons. The van der Waals surface area contributed by atoms with Crippen LogP contribution in [-0.4, -0.2) is 31.5 Å². The summed E-state index contributed by atoms with van der Waals surface area (Å²) in [6, 6.07) is 10.2. The van der Waals surface area contributed by atoms with E-state index in [4.69, 9.17) is 4.74 Å². The van der Waals surface area contributed by atoms with Crippen LogP contribution < -0.4 is 10.1 Å². The van der Waals surface area contributed by atoms with Crippen LogP contribution in [0.15, 0.2) is 36.4 Å². The lowest BCUT2D eigenvalue weighted by Crippen LogP contribution is -2.36. The van der Waals surface area contributed by atoms with Crippen LogP contribution in [0.4, 0.5) is 4.39 Å². The number of nitrogens with one attached hydrogen (secondary N) is 1. The quantitative estimate of drug-likeness (QED) is 0.819. The van der Waals surface area contributed by atoms with Crippen molar-refractivity contribution >= 4 is 5.91 Å². The van der Waals surface area contributed by atoms with E-state index in [1.165, 1.54) is 12.1 Å². The number of aryl methyl sites for hydroxylation is 2. The zero-order valence-electron chi connectivity index (χ0n) is 16.1. The Labute approximate surface area is 155 Å². The number of hydrogen-bond acceptors (Lipinski definition) is 3. The van der Waals surface area contributed by atoms with E-state index in [9.17, 15) is 9.18 Å². The first-order chi connectivity index (χ1) is 12.3. The minimum absolute atomic E-state index is 0.0636. The van der Waals surface area contributed by atoms with Gasteiger partial charge < -0.3 is 10.1 Å². The Kier molecular flexibility index (Phi) is 6.75. The molecule has 140 valence electrons. The largest absolute Gasteiger partial charge is 0.496 e. The molecule has 0 aliphatic rings. The minimum Gasteiger partial charge on any atom is -0.496 e. The first-order valence-corrected chi connectivity index (χ1v) is 8.67. The molecule has 2 aromatic rings. The van der Waals surface area contributed by atoms with Gasteiger partial charge in [-0.05, 0) is 62.2 Å². The number of benzene rings is 2. The molecule has 4 nitrogen and oxygen atoms in total. The molecular formula is C21H27FN2O2. The van der Waals surface area contributed by atoms with E-state index in [1.807, 2.05) is 32.7 Å². The highest BCUT2D eigenvalue weighted by Crippen LogP contribution is 2.24. The lowest BCUT2D eigenvalue weighted by Gasteiger charge is -2.20. The molecule has 0 bridgehead atoms. The molecule has 0 aliphatic carbocycles. The number of hydrogen-bond donors (Lipinski definition) is 1. The van der Waals surface area contributed by atoms with E-state index in [-0.39, 0.29) is 24.3 Å². The van der Waals surface area contributed by atoms with Crippen molar-refractivity contribution in [3.05, 3.63) is 64.5 Å². The van der Waals surface area contributed by atoms with Crippen molar-refractivity contribution in [1.82, 2.24) is 10.2 Å². The van der Waals surface area contributed by atoms with Gasteiger partial charge in [-0.15, -0.1) is 0 Å². The topological polar surface area (TPSA) is 41.6 Å². The second-order valence-corrected chi connectivity index (χ2v) is 6.78. The van der Waals surface area contributed by atoms with Crippen LogP contribution in [-0.2, 0) is 11.3 Å². The van der Waals surface area contributed by atoms with E-state index in [2.05, 4.69) is 17.4 Å². The second-order valence-electron chi connectivity index (χ2n) is 6.78. The fourth-order valence-corrected chi connectivity index (χ4v) is 3.19. The molecule has 26 heavy (non-hydrogen) atoms. The van der Waals surface area contributed by atoms with Crippen molar-refractivity contribution in [1.29, 1.82) is 0 Å². The maximum Gasteiger partial charge on any atom is 0.234 e. The van der Waals surface area contributed by atoms with Crippen molar-refractivity contribution in [2.75, 3.05) is 20.7 Å². The summed E-state index contributed by atoms with van der Waals surface area (Å²) in [5.74, 6) is 0.561. The Bertz CT molecular complexity index is 736. The fourth-order valence-electron chi connectivity index (χ4n) is 3.19. The highest BCUT2D eigenvalue weighted by atomic mass is 19.1. The van der Waals surface area contributed by atoms with Crippen LogP contribution >= 0.6 is 0 Å². The summed E-state index contributed by atoms with van der Waals surface area (Å²) in [6.45, 7) is 6.89. The smallest absolute Gasteiger partial charge is 0.234 e. The molecule has 1 N–H and O–H groups in total. The number of amides is 1. The summed E-state index contributed by atoms with van der Waals surface area (Å²) >= 11 is 0. The molecule has 0 fully saturated rings. The van der Waals surface area contributed by atoms with Gasteiger partial charge in [-0.1, -0.05) is 24.3 Å². The fraction of sp³-hybridized carbons (Fsp3) is 0.381. The van der Waals surface area contributed by atoms with E-state index in [0.717, 1.165) is 28.0 Å². The Hall–Kier alpha value is -2.40. The average molecular weight is 358 g/mol. The predicted octanol–water partition coefficient (Wildman–Crippen LogP) is 3.76. The minimum atomic E-state index is -0.280. The number of carbonyl (C=O) groups is 1. The molecule has 0 saturated heterocycles.